The van der Waals surface area contributed by atoms with Crippen molar-refractivity contribution in [1.29, 1.82) is 0 Å². The molecule has 1 heterocycles. The molecule has 1 aliphatic rings. The first-order chi connectivity index (χ1) is 10.4. The highest BCUT2D eigenvalue weighted by molar-refractivity contribution is 6.25. The molecule has 5 heteroatoms. The topological polar surface area (TPSA) is 37.4 Å². The van der Waals surface area contributed by atoms with Crippen LogP contribution in [-0.2, 0) is 0 Å². The van der Waals surface area contributed by atoms with Gasteiger partial charge in [0.2, 0.25) is 0 Å². The van der Waals surface area contributed by atoms with Crippen molar-refractivity contribution in [2.75, 3.05) is 33.2 Å². The fourth-order valence-electron chi connectivity index (χ4n) is 2.71. The van der Waals surface area contributed by atoms with E-state index in [1.807, 2.05) is 38.4 Å². The van der Waals surface area contributed by atoms with Crippen molar-refractivity contribution in [3.05, 3.63) is 47.5 Å². The van der Waals surface area contributed by atoms with Gasteiger partial charge in [-0.15, -0.1) is 0 Å². The van der Waals surface area contributed by atoms with Gasteiger partial charge in [0.25, 0.3) is 11.8 Å². The maximum Gasteiger partial charge on any atom is 0.261 e. The molecule has 0 radical (unpaired) electrons. The van der Waals surface area contributed by atoms with Gasteiger partial charge < -0.3 is 4.48 Å². The molecule has 2 aromatic carbocycles. The number of rotatable bonds is 4. The number of hydrogen-bond donors (Lipinski definition) is 0. The van der Waals surface area contributed by atoms with Gasteiger partial charge in [0, 0.05) is 16.5 Å². The summed E-state index contributed by atoms with van der Waals surface area (Å²) in [5.41, 5.74) is 1.20. The summed E-state index contributed by atoms with van der Waals surface area (Å²) in [7, 11) is 3.95. The third kappa shape index (κ3) is 2.38. The number of benzene rings is 2. The monoisotopic (exact) mass is 317 g/mol. The Bertz CT molecular complexity index is 720. The third-order valence-corrected chi connectivity index (χ3v) is 4.76. The summed E-state index contributed by atoms with van der Waals surface area (Å²) in [6, 6.07) is 11.6. The predicted octanol–water partition coefficient (Wildman–Crippen LogP) is 2.71. The van der Waals surface area contributed by atoms with Gasteiger partial charge in [-0.2, -0.15) is 0 Å². The van der Waals surface area contributed by atoms with Gasteiger partial charge >= 0.3 is 0 Å². The lowest BCUT2D eigenvalue weighted by atomic mass is 9.94. The molecule has 0 atom stereocenters. The van der Waals surface area contributed by atoms with Gasteiger partial charge in [-0.3, -0.25) is 14.5 Å². The molecule has 2 aromatic rings. The van der Waals surface area contributed by atoms with Crippen LogP contribution in [0.25, 0.3) is 10.8 Å². The van der Waals surface area contributed by atoms with Gasteiger partial charge in [0.1, 0.15) is 0 Å². The summed E-state index contributed by atoms with van der Waals surface area (Å²) >= 11 is 5.91. The van der Waals surface area contributed by atoms with Crippen LogP contribution in [0.5, 0.6) is 0 Å². The summed E-state index contributed by atoms with van der Waals surface area (Å²) in [5, 5.41) is 1.69. The van der Waals surface area contributed by atoms with Gasteiger partial charge in [-0.05, 0) is 17.5 Å². The standard InChI is InChI=1S/C17H18ClN2O2/c1-20(2,11-18)10-9-19-16(21)13-7-3-5-12-6-4-8-14(15(12)13)17(19)22/h3-8H,9-11H2,1-2H3/q+1. The Morgan fingerprint density at radius 3 is 2.05 bits per heavy atom. The largest absolute Gasteiger partial charge is 0.314 e. The summed E-state index contributed by atoms with van der Waals surface area (Å²) in [6.45, 7) is 0.987. The molecule has 0 spiro atoms. The van der Waals surface area contributed by atoms with Gasteiger partial charge in [-0.25, -0.2) is 0 Å². The number of nitrogens with zero attached hydrogens (tertiary/aromatic N) is 2. The van der Waals surface area contributed by atoms with Crippen LogP contribution in [0.15, 0.2) is 36.4 Å². The molecule has 0 unspecified atom stereocenters. The van der Waals surface area contributed by atoms with E-state index in [2.05, 4.69) is 0 Å². The van der Waals surface area contributed by atoms with E-state index in [0.29, 0.717) is 34.7 Å². The number of alkyl halides is 1. The normalized spacial score (nSPS) is 14.8. The number of likely N-dealkylation sites (N-methyl/N-ethyl adjacent to an activating group) is 1. The molecule has 114 valence electrons. The highest BCUT2D eigenvalue weighted by Crippen LogP contribution is 2.29. The molecule has 2 amide bonds. The second-order valence-corrected chi connectivity index (χ2v) is 6.49. The zero-order chi connectivity index (χ0) is 15.9. The average molecular weight is 318 g/mol. The first kappa shape index (κ1) is 15.0. The second-order valence-electron chi connectivity index (χ2n) is 6.25. The van der Waals surface area contributed by atoms with Crippen molar-refractivity contribution in [3.8, 4) is 0 Å². The van der Waals surface area contributed by atoms with Crippen molar-refractivity contribution in [3.63, 3.8) is 0 Å². The molecule has 0 aromatic heterocycles. The minimum atomic E-state index is -0.219. The van der Waals surface area contributed by atoms with E-state index in [-0.39, 0.29) is 11.8 Å². The number of carbonyl (C=O) groups excluding carboxylic acids is 2. The van der Waals surface area contributed by atoms with Crippen LogP contribution in [0.2, 0.25) is 0 Å². The fraction of sp³-hybridized carbons (Fsp3) is 0.294. The quantitative estimate of drug-likeness (QED) is 0.376. The van der Waals surface area contributed by atoms with Crippen molar-refractivity contribution in [2.24, 2.45) is 0 Å². The number of quaternary nitrogens is 1. The number of carbonyl (C=O) groups is 2. The molecule has 0 bridgehead atoms. The number of hydrogen-bond acceptors (Lipinski definition) is 2. The van der Waals surface area contributed by atoms with Gasteiger partial charge in [0.15, 0.2) is 6.00 Å². The summed E-state index contributed by atoms with van der Waals surface area (Å²) in [4.78, 5) is 26.7. The Morgan fingerprint density at radius 2 is 1.55 bits per heavy atom. The Labute approximate surface area is 134 Å². The molecular formula is C17H18ClN2O2+. The molecule has 0 saturated heterocycles. The molecule has 1 aliphatic heterocycles. The summed E-state index contributed by atoms with van der Waals surface area (Å²) < 4.78 is 0.546. The van der Waals surface area contributed by atoms with Gasteiger partial charge in [0.05, 0.1) is 27.2 Å². The molecule has 3 rings (SSSR count). The van der Waals surface area contributed by atoms with E-state index in [1.54, 1.807) is 12.1 Å². The molecule has 4 nitrogen and oxygen atoms in total. The van der Waals surface area contributed by atoms with Crippen molar-refractivity contribution in [2.45, 2.75) is 0 Å². The van der Waals surface area contributed by atoms with Crippen molar-refractivity contribution in [1.82, 2.24) is 4.90 Å². The van der Waals surface area contributed by atoms with Crippen LogP contribution < -0.4 is 0 Å². The highest BCUT2D eigenvalue weighted by atomic mass is 35.5. The molecule has 22 heavy (non-hydrogen) atoms. The lowest BCUT2D eigenvalue weighted by molar-refractivity contribution is -0.878. The minimum absolute atomic E-state index is 0.219. The van der Waals surface area contributed by atoms with E-state index in [9.17, 15) is 9.59 Å². The van der Waals surface area contributed by atoms with E-state index >= 15 is 0 Å². The van der Waals surface area contributed by atoms with Gasteiger partial charge in [-0.1, -0.05) is 35.9 Å². The molecule has 0 saturated carbocycles. The molecule has 0 fully saturated rings. The van der Waals surface area contributed by atoms with Crippen LogP contribution >= 0.6 is 11.6 Å². The first-order valence-electron chi connectivity index (χ1n) is 7.20. The molecule has 0 aliphatic carbocycles. The Morgan fingerprint density at radius 1 is 1.00 bits per heavy atom. The predicted molar refractivity (Wildman–Crippen MR) is 87.0 cm³/mol. The Hall–Kier alpha value is -1.91. The summed E-state index contributed by atoms with van der Waals surface area (Å²) in [6.07, 6.45) is 0. The average Bonchev–Trinajstić information content (AvgIpc) is 2.52. The van der Waals surface area contributed by atoms with Crippen LogP contribution in [0, 0.1) is 0 Å². The van der Waals surface area contributed by atoms with E-state index < -0.39 is 0 Å². The number of amides is 2. The van der Waals surface area contributed by atoms with Crippen molar-refractivity contribution >= 4 is 34.2 Å². The minimum Gasteiger partial charge on any atom is -0.314 e. The highest BCUT2D eigenvalue weighted by Gasteiger charge is 2.33. The number of halogens is 1. The summed E-state index contributed by atoms with van der Waals surface area (Å²) in [5.74, 6) is -0.437. The number of imide groups is 1. The van der Waals surface area contributed by atoms with E-state index in [0.717, 1.165) is 10.8 Å². The zero-order valence-electron chi connectivity index (χ0n) is 12.7. The maximum absolute atomic E-state index is 12.7. The lowest BCUT2D eigenvalue weighted by Gasteiger charge is -2.32. The smallest absolute Gasteiger partial charge is 0.261 e. The molecule has 0 N–H and O–H groups in total. The van der Waals surface area contributed by atoms with Crippen LogP contribution in [0.3, 0.4) is 0 Å². The Balaban J connectivity index is 2.01. The van der Waals surface area contributed by atoms with Crippen LogP contribution in [0.1, 0.15) is 20.7 Å². The van der Waals surface area contributed by atoms with E-state index in [1.165, 1.54) is 4.90 Å². The van der Waals surface area contributed by atoms with E-state index in [4.69, 9.17) is 11.6 Å². The van der Waals surface area contributed by atoms with Crippen molar-refractivity contribution < 1.29 is 14.1 Å². The fourth-order valence-corrected chi connectivity index (χ4v) is 2.83. The molecular weight excluding hydrogens is 300 g/mol. The SMILES string of the molecule is C[N+](C)(CCl)CCN1C(=O)c2cccc3cccc(c23)C1=O. The van der Waals surface area contributed by atoms with Crippen LogP contribution in [-0.4, -0.2) is 54.4 Å². The lowest BCUT2D eigenvalue weighted by Crippen LogP contribution is -2.49. The zero-order valence-corrected chi connectivity index (χ0v) is 13.4. The Kier molecular flexibility index (Phi) is 3.67. The third-order valence-electron chi connectivity index (χ3n) is 4.11. The second kappa shape index (κ2) is 5.38. The first-order valence-corrected chi connectivity index (χ1v) is 7.74. The maximum atomic E-state index is 12.7. The van der Waals surface area contributed by atoms with Crippen LogP contribution in [0.4, 0.5) is 0 Å².